The molecule has 8 heteroatoms. The molecule has 2 heterocycles. The summed E-state index contributed by atoms with van der Waals surface area (Å²) in [5.74, 6) is 0. The molecule has 0 amide bonds. The van der Waals surface area contributed by atoms with Crippen molar-refractivity contribution in [3.8, 4) is 0 Å². The van der Waals surface area contributed by atoms with Gasteiger partial charge in [0, 0.05) is 29.7 Å². The number of thiophene rings is 1. The lowest BCUT2D eigenvalue weighted by Crippen LogP contribution is -2.25. The van der Waals surface area contributed by atoms with Gasteiger partial charge in [0.05, 0.1) is 6.20 Å². The first-order valence-corrected chi connectivity index (χ1v) is 8.66. The van der Waals surface area contributed by atoms with Crippen LogP contribution in [-0.2, 0) is 23.1 Å². The number of H-pyrrole nitrogens is 1. The molecule has 0 unspecified atom stereocenters. The number of nitrogens with one attached hydrogen (secondary N) is 3. The summed E-state index contributed by atoms with van der Waals surface area (Å²) in [5.41, 5.74) is 1.58. The van der Waals surface area contributed by atoms with Crippen molar-refractivity contribution in [1.82, 2.24) is 20.2 Å². The lowest BCUT2D eigenvalue weighted by Gasteiger charge is -2.08. The third kappa shape index (κ3) is 3.45. The van der Waals surface area contributed by atoms with Gasteiger partial charge in [-0.15, -0.1) is 11.3 Å². The van der Waals surface area contributed by atoms with E-state index in [-0.39, 0.29) is 6.54 Å². The Bertz CT molecular complexity index is 647. The molecule has 0 aliphatic heterocycles. The fourth-order valence-corrected chi connectivity index (χ4v) is 4.63. The van der Waals surface area contributed by atoms with Gasteiger partial charge in [0.1, 0.15) is 4.90 Å². The fourth-order valence-electron chi connectivity index (χ4n) is 1.83. The first-order valence-electron chi connectivity index (χ1n) is 6.29. The molecule has 0 saturated heterocycles. The van der Waals surface area contributed by atoms with Crippen molar-refractivity contribution in [2.45, 2.75) is 31.8 Å². The summed E-state index contributed by atoms with van der Waals surface area (Å²) in [4.78, 5) is 1.23. The Morgan fingerprint density at radius 3 is 2.85 bits per heavy atom. The average Bonchev–Trinajstić information content (AvgIpc) is 3.03. The van der Waals surface area contributed by atoms with Crippen molar-refractivity contribution in [1.29, 1.82) is 0 Å². The second-order valence-corrected chi connectivity index (χ2v) is 7.05. The van der Waals surface area contributed by atoms with E-state index in [4.69, 9.17) is 0 Å². The molecular formula is C12H18N4O2S2. The second kappa shape index (κ2) is 6.49. The molecule has 0 radical (unpaired) electrons. The first kappa shape index (κ1) is 15.2. The summed E-state index contributed by atoms with van der Waals surface area (Å²) in [7, 11) is -3.51. The highest BCUT2D eigenvalue weighted by molar-refractivity contribution is 7.89. The molecule has 2 rings (SSSR count). The maximum Gasteiger partial charge on any atom is 0.242 e. The third-order valence-electron chi connectivity index (χ3n) is 2.81. The van der Waals surface area contributed by atoms with Gasteiger partial charge in [-0.2, -0.15) is 5.10 Å². The van der Waals surface area contributed by atoms with Crippen molar-refractivity contribution in [2.75, 3.05) is 6.54 Å². The standard InChI is InChI=1S/C12H18N4O2S2/c1-3-13-7-11-12(9(2)8-19-11)20(17,18)16-6-10-4-14-15-5-10/h4-5,8,13,16H,3,6-7H2,1-2H3,(H,14,15). The zero-order chi connectivity index (χ0) is 14.6. The van der Waals surface area contributed by atoms with Gasteiger partial charge in [0.2, 0.25) is 10.0 Å². The molecule has 0 fully saturated rings. The zero-order valence-electron chi connectivity index (χ0n) is 11.4. The Morgan fingerprint density at radius 1 is 1.40 bits per heavy atom. The molecule has 2 aromatic rings. The van der Waals surface area contributed by atoms with Crippen LogP contribution in [0.5, 0.6) is 0 Å². The molecule has 0 spiro atoms. The predicted octanol–water partition coefficient (Wildman–Crippen LogP) is 1.37. The minimum Gasteiger partial charge on any atom is -0.312 e. The van der Waals surface area contributed by atoms with Crippen LogP contribution in [0.2, 0.25) is 0 Å². The van der Waals surface area contributed by atoms with Gasteiger partial charge in [0.15, 0.2) is 0 Å². The average molecular weight is 314 g/mol. The quantitative estimate of drug-likeness (QED) is 0.720. The van der Waals surface area contributed by atoms with Crippen LogP contribution in [0.25, 0.3) is 0 Å². The van der Waals surface area contributed by atoms with Crippen LogP contribution in [0.15, 0.2) is 22.7 Å². The maximum absolute atomic E-state index is 12.4. The molecule has 0 aliphatic rings. The number of rotatable bonds is 7. The highest BCUT2D eigenvalue weighted by Gasteiger charge is 2.22. The van der Waals surface area contributed by atoms with Gasteiger partial charge in [0.25, 0.3) is 0 Å². The maximum atomic E-state index is 12.4. The van der Waals surface area contributed by atoms with Crippen molar-refractivity contribution >= 4 is 21.4 Å². The minimum atomic E-state index is -3.51. The van der Waals surface area contributed by atoms with Crippen LogP contribution in [-0.4, -0.2) is 25.2 Å². The van der Waals surface area contributed by atoms with Crippen LogP contribution >= 0.6 is 11.3 Å². The molecule has 0 aromatic carbocycles. The van der Waals surface area contributed by atoms with E-state index >= 15 is 0 Å². The van der Waals surface area contributed by atoms with Crippen LogP contribution in [0.4, 0.5) is 0 Å². The Balaban J connectivity index is 2.18. The van der Waals surface area contributed by atoms with Crippen molar-refractivity contribution in [2.24, 2.45) is 0 Å². The summed E-state index contributed by atoms with van der Waals surface area (Å²) < 4.78 is 27.5. The van der Waals surface area contributed by atoms with Gasteiger partial charge < -0.3 is 5.32 Å². The predicted molar refractivity (Wildman–Crippen MR) is 79.0 cm³/mol. The fraction of sp³-hybridized carbons (Fsp3) is 0.417. The summed E-state index contributed by atoms with van der Waals surface area (Å²) in [6, 6.07) is 0. The van der Waals surface area contributed by atoms with Gasteiger partial charge in [-0.1, -0.05) is 6.92 Å². The van der Waals surface area contributed by atoms with Gasteiger partial charge in [-0.25, -0.2) is 13.1 Å². The Morgan fingerprint density at radius 2 is 2.20 bits per heavy atom. The van der Waals surface area contributed by atoms with Crippen LogP contribution in [0.1, 0.15) is 22.9 Å². The van der Waals surface area contributed by atoms with Gasteiger partial charge >= 0.3 is 0 Å². The SMILES string of the molecule is CCNCc1scc(C)c1S(=O)(=O)NCc1cn[nH]c1. The van der Waals surface area contributed by atoms with Gasteiger partial charge in [-0.05, 0) is 24.4 Å². The largest absolute Gasteiger partial charge is 0.312 e. The number of hydrogen-bond donors (Lipinski definition) is 3. The smallest absolute Gasteiger partial charge is 0.242 e. The summed E-state index contributed by atoms with van der Waals surface area (Å²) >= 11 is 1.47. The number of aryl methyl sites for hydroxylation is 1. The van der Waals surface area contributed by atoms with E-state index in [0.717, 1.165) is 22.5 Å². The molecule has 0 atom stereocenters. The van der Waals surface area contributed by atoms with E-state index in [1.165, 1.54) is 11.3 Å². The van der Waals surface area contributed by atoms with Crippen LogP contribution < -0.4 is 10.0 Å². The molecule has 2 aromatic heterocycles. The van der Waals surface area contributed by atoms with E-state index < -0.39 is 10.0 Å². The highest BCUT2D eigenvalue weighted by atomic mass is 32.2. The summed E-state index contributed by atoms with van der Waals surface area (Å²) in [6.07, 6.45) is 3.27. The molecular weight excluding hydrogens is 296 g/mol. The molecule has 0 bridgehead atoms. The molecule has 6 nitrogen and oxygen atoms in total. The molecule has 20 heavy (non-hydrogen) atoms. The zero-order valence-corrected chi connectivity index (χ0v) is 13.1. The number of aromatic amines is 1. The van der Waals surface area contributed by atoms with E-state index in [0.29, 0.717) is 11.4 Å². The van der Waals surface area contributed by atoms with Crippen molar-refractivity contribution in [3.63, 3.8) is 0 Å². The molecule has 3 N–H and O–H groups in total. The second-order valence-electron chi connectivity index (χ2n) is 4.38. The van der Waals surface area contributed by atoms with Gasteiger partial charge in [-0.3, -0.25) is 5.10 Å². The minimum absolute atomic E-state index is 0.231. The van der Waals surface area contributed by atoms with Crippen molar-refractivity contribution in [3.05, 3.63) is 33.8 Å². The van der Waals surface area contributed by atoms with E-state index in [1.54, 1.807) is 12.4 Å². The highest BCUT2D eigenvalue weighted by Crippen LogP contribution is 2.26. The Kier molecular flexibility index (Phi) is 4.92. The number of aromatic nitrogens is 2. The Labute approximate surface area is 122 Å². The van der Waals surface area contributed by atoms with Crippen molar-refractivity contribution < 1.29 is 8.42 Å². The van der Waals surface area contributed by atoms with Crippen LogP contribution in [0.3, 0.4) is 0 Å². The number of hydrogen-bond acceptors (Lipinski definition) is 5. The normalized spacial score (nSPS) is 11.9. The summed E-state index contributed by atoms with van der Waals surface area (Å²) in [6.45, 7) is 5.41. The van der Waals surface area contributed by atoms with Crippen LogP contribution in [0, 0.1) is 6.92 Å². The number of sulfonamides is 1. The lowest BCUT2D eigenvalue weighted by atomic mass is 10.3. The lowest BCUT2D eigenvalue weighted by molar-refractivity contribution is 0.579. The number of nitrogens with zero attached hydrogens (tertiary/aromatic N) is 1. The Hall–Kier alpha value is -1.22. The first-order chi connectivity index (χ1) is 9.54. The monoisotopic (exact) mass is 314 g/mol. The van der Waals surface area contributed by atoms with E-state index in [1.807, 2.05) is 19.2 Å². The van der Waals surface area contributed by atoms with E-state index in [9.17, 15) is 8.42 Å². The third-order valence-corrected chi connectivity index (χ3v) is 5.68. The topological polar surface area (TPSA) is 86.9 Å². The molecule has 0 saturated carbocycles. The van der Waals surface area contributed by atoms with E-state index in [2.05, 4.69) is 20.2 Å². The molecule has 110 valence electrons. The summed E-state index contributed by atoms with van der Waals surface area (Å²) in [5, 5.41) is 11.5. The molecule has 0 aliphatic carbocycles.